The van der Waals surface area contributed by atoms with Crippen LogP contribution in [0.25, 0.3) is 0 Å². The predicted octanol–water partition coefficient (Wildman–Crippen LogP) is 3.16. The second-order valence-corrected chi connectivity index (χ2v) is 5.68. The second kappa shape index (κ2) is 9.77. The Bertz CT molecular complexity index is 555. The van der Waals surface area contributed by atoms with Gasteiger partial charge in [-0.2, -0.15) is 0 Å². The molecule has 1 atom stereocenters. The number of para-hydroxylation sites is 1. The first-order chi connectivity index (χ1) is 11.0. The van der Waals surface area contributed by atoms with Crippen LogP contribution < -0.4 is 10.6 Å². The smallest absolute Gasteiger partial charge is 0.292 e. The fraction of sp³-hybridized carbons (Fsp3) is 0.500. The van der Waals surface area contributed by atoms with Gasteiger partial charge in [-0.1, -0.05) is 45.2 Å². The summed E-state index contributed by atoms with van der Waals surface area (Å²) in [5, 5.41) is 5.29. The minimum atomic E-state index is -0.627. The highest BCUT2D eigenvalue weighted by molar-refractivity contribution is 6.44. The van der Waals surface area contributed by atoms with Crippen molar-refractivity contribution < 1.29 is 14.4 Å². The molecule has 0 bridgehead atoms. The quantitative estimate of drug-likeness (QED) is 0.542. The molecule has 2 N–H and O–H groups in total. The number of amides is 2. The van der Waals surface area contributed by atoms with Crippen LogP contribution in [-0.2, 0) is 9.59 Å². The van der Waals surface area contributed by atoms with Crippen molar-refractivity contribution in [2.45, 2.75) is 46.5 Å². The molecule has 0 aliphatic heterocycles. The number of unbranched alkanes of at least 4 members (excludes halogenated alkanes) is 1. The maximum Gasteiger partial charge on any atom is 0.292 e. The summed E-state index contributed by atoms with van der Waals surface area (Å²) in [5.41, 5.74) is 0.569. The van der Waals surface area contributed by atoms with Gasteiger partial charge in [0.2, 0.25) is 5.91 Å². The van der Waals surface area contributed by atoms with E-state index in [1.54, 1.807) is 24.3 Å². The van der Waals surface area contributed by atoms with Crippen molar-refractivity contribution in [3.05, 3.63) is 29.8 Å². The Kier molecular flexibility index (Phi) is 8.02. The van der Waals surface area contributed by atoms with Gasteiger partial charge in [-0.15, -0.1) is 0 Å². The lowest BCUT2D eigenvalue weighted by Crippen LogP contribution is -2.35. The average molecular weight is 318 g/mol. The van der Waals surface area contributed by atoms with Crippen LogP contribution in [0, 0.1) is 5.92 Å². The van der Waals surface area contributed by atoms with Crippen LogP contribution in [0.3, 0.4) is 0 Å². The number of carbonyl (C=O) groups is 3. The Morgan fingerprint density at radius 3 is 2.43 bits per heavy atom. The van der Waals surface area contributed by atoms with E-state index >= 15 is 0 Å². The molecule has 2 amide bonds. The maximum atomic E-state index is 12.3. The van der Waals surface area contributed by atoms with Gasteiger partial charge in [0.05, 0.1) is 11.3 Å². The summed E-state index contributed by atoms with van der Waals surface area (Å²) in [6, 6.07) is 6.53. The molecular weight excluding hydrogens is 292 g/mol. The Morgan fingerprint density at radius 2 is 1.83 bits per heavy atom. The zero-order valence-electron chi connectivity index (χ0n) is 14.1. The van der Waals surface area contributed by atoms with Gasteiger partial charge < -0.3 is 10.6 Å². The van der Waals surface area contributed by atoms with Crippen molar-refractivity contribution in [1.29, 1.82) is 0 Å². The molecule has 0 spiro atoms. The van der Waals surface area contributed by atoms with E-state index in [2.05, 4.69) is 24.5 Å². The number of benzene rings is 1. The molecule has 0 saturated carbocycles. The maximum absolute atomic E-state index is 12.3. The van der Waals surface area contributed by atoms with Crippen molar-refractivity contribution >= 4 is 23.3 Å². The lowest BCUT2D eigenvalue weighted by Gasteiger charge is -2.15. The highest BCUT2D eigenvalue weighted by Crippen LogP contribution is 2.16. The lowest BCUT2D eigenvalue weighted by molar-refractivity contribution is -0.117. The zero-order chi connectivity index (χ0) is 17.2. The normalized spacial score (nSPS) is 11.6. The Morgan fingerprint density at radius 1 is 1.13 bits per heavy atom. The summed E-state index contributed by atoms with van der Waals surface area (Å²) in [6.07, 6.45) is 4.25. The van der Waals surface area contributed by atoms with E-state index in [-0.39, 0.29) is 11.5 Å². The van der Waals surface area contributed by atoms with Crippen LogP contribution in [0.4, 0.5) is 5.69 Å². The molecule has 5 heteroatoms. The van der Waals surface area contributed by atoms with Gasteiger partial charge >= 0.3 is 0 Å². The molecule has 126 valence electrons. The van der Waals surface area contributed by atoms with Crippen molar-refractivity contribution in [3.8, 4) is 0 Å². The van der Waals surface area contributed by atoms with E-state index < -0.39 is 11.7 Å². The minimum absolute atomic E-state index is 0.210. The predicted molar refractivity (Wildman–Crippen MR) is 91.4 cm³/mol. The Hall–Kier alpha value is -2.17. The summed E-state index contributed by atoms with van der Waals surface area (Å²) in [4.78, 5) is 35.6. The molecule has 1 rings (SSSR count). The van der Waals surface area contributed by atoms with Gasteiger partial charge in [0.15, 0.2) is 0 Å². The Balaban J connectivity index is 2.70. The SMILES string of the molecule is CCCC[C@H](CC)CNC(=O)C(=O)c1ccccc1NC(C)=O. The molecule has 0 unspecified atom stereocenters. The van der Waals surface area contributed by atoms with Gasteiger partial charge in [-0.05, 0) is 24.5 Å². The van der Waals surface area contributed by atoms with E-state index in [1.165, 1.54) is 6.92 Å². The van der Waals surface area contributed by atoms with E-state index in [4.69, 9.17) is 0 Å². The summed E-state index contributed by atoms with van der Waals surface area (Å²) in [6.45, 7) is 6.08. The summed E-state index contributed by atoms with van der Waals surface area (Å²) in [5.74, 6) is -1.15. The van der Waals surface area contributed by atoms with Crippen LogP contribution >= 0.6 is 0 Å². The molecule has 0 saturated heterocycles. The van der Waals surface area contributed by atoms with Crippen LogP contribution in [0.15, 0.2) is 24.3 Å². The van der Waals surface area contributed by atoms with Crippen molar-refractivity contribution in [1.82, 2.24) is 5.32 Å². The number of hydrogen-bond donors (Lipinski definition) is 2. The van der Waals surface area contributed by atoms with Crippen molar-refractivity contribution in [2.24, 2.45) is 5.92 Å². The van der Waals surface area contributed by atoms with Crippen LogP contribution in [0.2, 0.25) is 0 Å². The Labute approximate surface area is 137 Å². The van der Waals surface area contributed by atoms with Gasteiger partial charge in [-0.3, -0.25) is 14.4 Å². The summed E-state index contributed by atoms with van der Waals surface area (Å²) < 4.78 is 0. The number of Topliss-reactive ketones (excluding diaryl/α,β-unsaturated/α-hetero) is 1. The standard InChI is InChI=1S/C18H26N2O3/c1-4-6-9-14(5-2)12-19-18(23)17(22)15-10-7-8-11-16(15)20-13(3)21/h7-8,10-11,14H,4-6,9,12H2,1-3H3,(H,19,23)(H,20,21)/t14-/m0/s1. The van der Waals surface area contributed by atoms with Crippen molar-refractivity contribution in [2.75, 3.05) is 11.9 Å². The lowest BCUT2D eigenvalue weighted by atomic mass is 9.99. The van der Waals surface area contributed by atoms with E-state index in [0.29, 0.717) is 18.2 Å². The minimum Gasteiger partial charge on any atom is -0.349 e. The van der Waals surface area contributed by atoms with Crippen LogP contribution in [-0.4, -0.2) is 24.1 Å². The molecule has 0 heterocycles. The van der Waals surface area contributed by atoms with Crippen LogP contribution in [0.1, 0.15) is 56.8 Å². The molecule has 1 aromatic rings. The first-order valence-corrected chi connectivity index (χ1v) is 8.18. The van der Waals surface area contributed by atoms with Crippen LogP contribution in [0.5, 0.6) is 0 Å². The molecule has 0 aromatic heterocycles. The summed E-state index contributed by atoms with van der Waals surface area (Å²) >= 11 is 0. The van der Waals surface area contributed by atoms with Crippen molar-refractivity contribution in [3.63, 3.8) is 0 Å². The molecule has 0 fully saturated rings. The molecule has 0 aliphatic rings. The fourth-order valence-electron chi connectivity index (χ4n) is 2.36. The molecular formula is C18H26N2O3. The number of nitrogens with one attached hydrogen (secondary N) is 2. The van der Waals surface area contributed by atoms with Gasteiger partial charge in [0.25, 0.3) is 11.7 Å². The number of rotatable bonds is 9. The third-order valence-electron chi connectivity index (χ3n) is 3.78. The second-order valence-electron chi connectivity index (χ2n) is 5.68. The molecule has 0 radical (unpaired) electrons. The number of anilines is 1. The summed E-state index contributed by atoms with van der Waals surface area (Å²) in [7, 11) is 0. The third-order valence-corrected chi connectivity index (χ3v) is 3.78. The zero-order valence-corrected chi connectivity index (χ0v) is 14.1. The number of carbonyl (C=O) groups excluding carboxylic acids is 3. The number of hydrogen-bond acceptors (Lipinski definition) is 3. The number of ketones is 1. The first-order valence-electron chi connectivity index (χ1n) is 8.18. The van der Waals surface area contributed by atoms with E-state index in [9.17, 15) is 14.4 Å². The fourth-order valence-corrected chi connectivity index (χ4v) is 2.36. The third kappa shape index (κ3) is 6.22. The van der Waals surface area contributed by atoms with E-state index in [1.807, 2.05) is 0 Å². The molecule has 0 aliphatic carbocycles. The average Bonchev–Trinajstić information content (AvgIpc) is 2.54. The van der Waals surface area contributed by atoms with E-state index in [0.717, 1.165) is 25.7 Å². The first kappa shape index (κ1) is 18.9. The molecule has 23 heavy (non-hydrogen) atoms. The molecule has 1 aromatic carbocycles. The monoisotopic (exact) mass is 318 g/mol. The van der Waals surface area contributed by atoms with Gasteiger partial charge in [-0.25, -0.2) is 0 Å². The topological polar surface area (TPSA) is 75.3 Å². The highest BCUT2D eigenvalue weighted by Gasteiger charge is 2.20. The molecule has 5 nitrogen and oxygen atoms in total. The van der Waals surface area contributed by atoms with Gasteiger partial charge in [0, 0.05) is 13.5 Å². The highest BCUT2D eigenvalue weighted by atomic mass is 16.2. The largest absolute Gasteiger partial charge is 0.349 e. The van der Waals surface area contributed by atoms with Gasteiger partial charge in [0.1, 0.15) is 0 Å².